The lowest BCUT2D eigenvalue weighted by Crippen LogP contribution is -2.26. The van der Waals surface area contributed by atoms with Gasteiger partial charge < -0.3 is 10.6 Å². The summed E-state index contributed by atoms with van der Waals surface area (Å²) in [5, 5.41) is 6.10. The summed E-state index contributed by atoms with van der Waals surface area (Å²) in [7, 11) is 0. The molecule has 0 aliphatic heterocycles. The fraction of sp³-hybridized carbons (Fsp3) is 0.385. The van der Waals surface area contributed by atoms with E-state index in [0.29, 0.717) is 28.1 Å². The average molecular weight is 348 g/mol. The SMILES string of the molecule is CC(=O)NCCCCNC(=O)c1ccc(Cl)c(Br)c1. The largest absolute Gasteiger partial charge is 0.356 e. The Bertz CT molecular complexity index is 466. The van der Waals surface area contributed by atoms with Crippen LogP contribution in [0.1, 0.15) is 30.1 Å². The minimum Gasteiger partial charge on any atom is -0.356 e. The van der Waals surface area contributed by atoms with Crippen LogP contribution in [0.4, 0.5) is 0 Å². The van der Waals surface area contributed by atoms with Crippen molar-refractivity contribution in [3.63, 3.8) is 0 Å². The minimum absolute atomic E-state index is 0.0324. The number of amides is 2. The lowest BCUT2D eigenvalue weighted by molar-refractivity contribution is -0.118. The quantitative estimate of drug-likeness (QED) is 0.777. The molecule has 0 saturated heterocycles. The number of nitrogens with one attached hydrogen (secondary N) is 2. The van der Waals surface area contributed by atoms with Gasteiger partial charge in [-0.05, 0) is 47.0 Å². The number of hydrogen-bond acceptors (Lipinski definition) is 2. The number of carbonyl (C=O) groups is 2. The van der Waals surface area contributed by atoms with Gasteiger partial charge in [-0.25, -0.2) is 0 Å². The van der Waals surface area contributed by atoms with E-state index in [2.05, 4.69) is 26.6 Å². The van der Waals surface area contributed by atoms with Gasteiger partial charge in [-0.1, -0.05) is 11.6 Å². The van der Waals surface area contributed by atoms with Gasteiger partial charge in [-0.2, -0.15) is 0 Å². The molecule has 0 bridgehead atoms. The Labute approximate surface area is 126 Å². The van der Waals surface area contributed by atoms with Gasteiger partial charge in [0.05, 0.1) is 5.02 Å². The highest BCUT2D eigenvalue weighted by Gasteiger charge is 2.06. The molecule has 0 atom stereocenters. The topological polar surface area (TPSA) is 58.2 Å². The summed E-state index contributed by atoms with van der Waals surface area (Å²) in [6.45, 7) is 2.70. The molecule has 2 amide bonds. The standard InChI is InChI=1S/C13H16BrClN2O2/c1-9(18)16-6-2-3-7-17-13(19)10-4-5-12(15)11(14)8-10/h4-5,8H,2-3,6-7H2,1H3,(H,16,18)(H,17,19). The minimum atomic E-state index is -0.128. The Morgan fingerprint density at radius 3 is 2.42 bits per heavy atom. The summed E-state index contributed by atoms with van der Waals surface area (Å²) in [6.07, 6.45) is 1.66. The van der Waals surface area contributed by atoms with E-state index < -0.39 is 0 Å². The molecule has 1 rings (SSSR count). The maximum Gasteiger partial charge on any atom is 0.251 e. The van der Waals surface area contributed by atoms with Crippen molar-refractivity contribution >= 4 is 39.3 Å². The molecule has 0 radical (unpaired) electrons. The molecule has 0 aromatic heterocycles. The van der Waals surface area contributed by atoms with Crippen LogP contribution in [0.15, 0.2) is 22.7 Å². The molecule has 0 unspecified atom stereocenters. The number of hydrogen-bond donors (Lipinski definition) is 2. The van der Waals surface area contributed by atoms with Gasteiger partial charge in [0.25, 0.3) is 5.91 Å². The molecular formula is C13H16BrClN2O2. The first-order valence-corrected chi connectivity index (χ1v) is 7.15. The Morgan fingerprint density at radius 1 is 1.21 bits per heavy atom. The molecule has 0 spiro atoms. The van der Waals surface area contributed by atoms with E-state index in [1.165, 1.54) is 6.92 Å². The van der Waals surface area contributed by atoms with Crippen molar-refractivity contribution in [3.05, 3.63) is 33.3 Å². The Kier molecular flexibility index (Phi) is 6.87. The van der Waals surface area contributed by atoms with Crippen molar-refractivity contribution in [1.29, 1.82) is 0 Å². The molecule has 104 valence electrons. The first kappa shape index (κ1) is 16.0. The van der Waals surface area contributed by atoms with Crippen molar-refractivity contribution in [1.82, 2.24) is 10.6 Å². The molecule has 0 aliphatic carbocycles. The Hall–Kier alpha value is -1.07. The maximum atomic E-state index is 11.8. The maximum absolute atomic E-state index is 11.8. The van der Waals surface area contributed by atoms with Crippen molar-refractivity contribution < 1.29 is 9.59 Å². The smallest absolute Gasteiger partial charge is 0.251 e. The van der Waals surface area contributed by atoms with Gasteiger partial charge in [0.1, 0.15) is 0 Å². The van der Waals surface area contributed by atoms with Crippen LogP contribution in [-0.4, -0.2) is 24.9 Å². The summed E-state index contributed by atoms with van der Waals surface area (Å²) in [6, 6.07) is 5.05. The second-order valence-corrected chi connectivity index (χ2v) is 5.34. The Balaban J connectivity index is 2.27. The lowest BCUT2D eigenvalue weighted by Gasteiger charge is -2.06. The molecule has 19 heavy (non-hydrogen) atoms. The third-order valence-electron chi connectivity index (χ3n) is 2.44. The zero-order valence-electron chi connectivity index (χ0n) is 10.6. The van der Waals surface area contributed by atoms with E-state index in [1.54, 1.807) is 18.2 Å². The molecule has 0 heterocycles. The van der Waals surface area contributed by atoms with Gasteiger partial charge in [-0.15, -0.1) is 0 Å². The van der Waals surface area contributed by atoms with E-state index in [1.807, 2.05) is 0 Å². The Morgan fingerprint density at radius 2 is 1.84 bits per heavy atom. The predicted octanol–water partition coefficient (Wildman–Crippen LogP) is 2.75. The number of carbonyl (C=O) groups excluding carboxylic acids is 2. The summed E-state index contributed by atoms with van der Waals surface area (Å²) >= 11 is 9.14. The van der Waals surface area contributed by atoms with Gasteiger partial charge in [0.15, 0.2) is 0 Å². The van der Waals surface area contributed by atoms with E-state index in [9.17, 15) is 9.59 Å². The lowest BCUT2D eigenvalue weighted by atomic mass is 10.2. The second kappa shape index (κ2) is 8.17. The van der Waals surface area contributed by atoms with Gasteiger partial charge in [-0.3, -0.25) is 9.59 Å². The van der Waals surface area contributed by atoms with Crippen LogP contribution < -0.4 is 10.6 Å². The van der Waals surface area contributed by atoms with Crippen LogP contribution in [0.5, 0.6) is 0 Å². The first-order valence-electron chi connectivity index (χ1n) is 5.98. The van der Waals surface area contributed by atoms with E-state index in [4.69, 9.17) is 11.6 Å². The average Bonchev–Trinajstić information content (AvgIpc) is 2.36. The van der Waals surface area contributed by atoms with Crippen LogP contribution in [0.2, 0.25) is 5.02 Å². The van der Waals surface area contributed by atoms with Crippen LogP contribution in [0.3, 0.4) is 0 Å². The van der Waals surface area contributed by atoms with Crippen LogP contribution in [0.25, 0.3) is 0 Å². The van der Waals surface area contributed by atoms with E-state index >= 15 is 0 Å². The van der Waals surface area contributed by atoms with Crippen molar-refractivity contribution in [3.8, 4) is 0 Å². The molecule has 1 aromatic rings. The zero-order chi connectivity index (χ0) is 14.3. The number of rotatable bonds is 6. The predicted molar refractivity (Wildman–Crippen MR) is 79.4 cm³/mol. The third-order valence-corrected chi connectivity index (χ3v) is 3.66. The molecular weight excluding hydrogens is 332 g/mol. The summed E-state index contributed by atoms with van der Waals surface area (Å²) < 4.78 is 0.701. The van der Waals surface area contributed by atoms with Crippen molar-refractivity contribution in [2.24, 2.45) is 0 Å². The summed E-state index contributed by atoms with van der Waals surface area (Å²) in [5.74, 6) is -0.160. The van der Waals surface area contributed by atoms with Crippen molar-refractivity contribution in [2.75, 3.05) is 13.1 Å². The molecule has 4 nitrogen and oxygen atoms in total. The molecule has 0 fully saturated rings. The van der Waals surface area contributed by atoms with Gasteiger partial charge >= 0.3 is 0 Å². The molecule has 0 saturated carbocycles. The monoisotopic (exact) mass is 346 g/mol. The molecule has 1 aromatic carbocycles. The molecule has 2 N–H and O–H groups in total. The highest BCUT2D eigenvalue weighted by atomic mass is 79.9. The van der Waals surface area contributed by atoms with Crippen LogP contribution >= 0.6 is 27.5 Å². The highest BCUT2D eigenvalue weighted by molar-refractivity contribution is 9.10. The fourth-order valence-electron chi connectivity index (χ4n) is 1.46. The third kappa shape index (κ3) is 6.07. The summed E-state index contributed by atoms with van der Waals surface area (Å²) in [4.78, 5) is 22.4. The number of unbranched alkanes of at least 4 members (excludes halogenated alkanes) is 1. The van der Waals surface area contributed by atoms with E-state index in [-0.39, 0.29) is 11.8 Å². The molecule has 6 heteroatoms. The van der Waals surface area contributed by atoms with Crippen LogP contribution in [0, 0.1) is 0 Å². The van der Waals surface area contributed by atoms with Gasteiger partial charge in [0, 0.05) is 30.0 Å². The fourth-order valence-corrected chi connectivity index (χ4v) is 1.95. The molecule has 0 aliphatic rings. The number of halogens is 2. The van der Waals surface area contributed by atoms with Crippen LogP contribution in [-0.2, 0) is 4.79 Å². The second-order valence-electron chi connectivity index (χ2n) is 4.07. The van der Waals surface area contributed by atoms with Gasteiger partial charge in [0.2, 0.25) is 5.91 Å². The van der Waals surface area contributed by atoms with E-state index in [0.717, 1.165) is 12.8 Å². The zero-order valence-corrected chi connectivity index (χ0v) is 13.0. The number of benzene rings is 1. The normalized spacial score (nSPS) is 10.1. The van der Waals surface area contributed by atoms with Crippen molar-refractivity contribution in [2.45, 2.75) is 19.8 Å². The highest BCUT2D eigenvalue weighted by Crippen LogP contribution is 2.23. The summed E-state index contributed by atoms with van der Waals surface area (Å²) in [5.41, 5.74) is 0.568. The first-order chi connectivity index (χ1) is 9.00.